The highest BCUT2D eigenvalue weighted by atomic mass is 16.5. The molecule has 0 atom stereocenters. The van der Waals surface area contributed by atoms with Crippen molar-refractivity contribution in [3.63, 3.8) is 0 Å². The highest BCUT2D eigenvalue weighted by molar-refractivity contribution is 6.98. The molecular weight excluding hydrogens is 595 g/mol. The fraction of sp³-hybridized carbons (Fsp3) is 0. The third kappa shape index (κ3) is 3.73. The van der Waals surface area contributed by atoms with Crippen molar-refractivity contribution in [2.24, 2.45) is 0 Å². The van der Waals surface area contributed by atoms with Crippen LogP contribution in [0, 0.1) is 0 Å². The third-order valence-electron chi connectivity index (χ3n) is 10.6. The molecule has 0 N–H and O–H groups in total. The first-order valence-corrected chi connectivity index (χ1v) is 16.9. The molecule has 0 aliphatic carbocycles. The maximum atomic E-state index is 6.96. The van der Waals surface area contributed by atoms with E-state index in [9.17, 15) is 0 Å². The molecule has 11 rings (SSSR count). The van der Waals surface area contributed by atoms with Crippen molar-refractivity contribution in [3.05, 3.63) is 164 Å². The van der Waals surface area contributed by atoms with Crippen molar-refractivity contribution >= 4 is 66.2 Å². The standard InChI is InChI=1S/C46H27BO2/c1-2-14-29-28(13-1)27-37(31-16-4-3-15-30(29)31)44-34-19-7-5-17-32(34)43(33-18-6-8-20-35(33)44)36-21-11-23-39-46(36)49-42-26-12-25-41-45(42)47(39)38-22-9-10-24-40(38)48-41/h1-27H. The van der Waals surface area contributed by atoms with Gasteiger partial charge in [-0.2, -0.15) is 0 Å². The molecule has 0 unspecified atom stereocenters. The summed E-state index contributed by atoms with van der Waals surface area (Å²) in [6, 6.07) is 59.0. The second-order valence-electron chi connectivity index (χ2n) is 13.1. The fourth-order valence-corrected chi connectivity index (χ4v) is 8.57. The Kier molecular flexibility index (Phi) is 5.50. The van der Waals surface area contributed by atoms with Gasteiger partial charge in [0.2, 0.25) is 0 Å². The van der Waals surface area contributed by atoms with Crippen LogP contribution in [0.2, 0.25) is 0 Å². The van der Waals surface area contributed by atoms with Crippen molar-refractivity contribution in [2.45, 2.75) is 0 Å². The van der Waals surface area contributed by atoms with Gasteiger partial charge in [-0.1, -0.05) is 140 Å². The first-order valence-electron chi connectivity index (χ1n) is 16.9. The maximum Gasteiger partial charge on any atom is 0.260 e. The van der Waals surface area contributed by atoms with Gasteiger partial charge in [-0.3, -0.25) is 0 Å². The Balaban J connectivity index is 1.24. The van der Waals surface area contributed by atoms with E-state index >= 15 is 0 Å². The number of para-hydroxylation sites is 2. The van der Waals surface area contributed by atoms with E-state index in [1.54, 1.807) is 0 Å². The Hall–Kier alpha value is -6.32. The molecule has 9 aromatic carbocycles. The van der Waals surface area contributed by atoms with Gasteiger partial charge in [-0.15, -0.1) is 0 Å². The summed E-state index contributed by atoms with van der Waals surface area (Å²) >= 11 is 0. The van der Waals surface area contributed by atoms with Crippen molar-refractivity contribution in [1.82, 2.24) is 0 Å². The van der Waals surface area contributed by atoms with Gasteiger partial charge in [0.25, 0.3) is 6.71 Å². The van der Waals surface area contributed by atoms with Crippen LogP contribution in [-0.2, 0) is 0 Å². The summed E-state index contributed by atoms with van der Waals surface area (Å²) in [4.78, 5) is 0. The van der Waals surface area contributed by atoms with E-state index < -0.39 is 0 Å². The molecule has 0 fully saturated rings. The van der Waals surface area contributed by atoms with Crippen molar-refractivity contribution in [1.29, 1.82) is 0 Å². The van der Waals surface area contributed by atoms with Crippen LogP contribution in [0.25, 0.3) is 65.3 Å². The van der Waals surface area contributed by atoms with E-state index in [2.05, 4.69) is 152 Å². The SMILES string of the molecule is c1ccc2c(c1)Oc1cccc3c1B2c1cccc(-c2c4ccccc4c(-c4cc5ccccc5c5ccccc45)c4ccccc24)c1O3. The van der Waals surface area contributed by atoms with Gasteiger partial charge < -0.3 is 9.47 Å². The minimum atomic E-state index is 0.0145. The number of ether oxygens (including phenoxy) is 2. The van der Waals surface area contributed by atoms with Gasteiger partial charge in [0.1, 0.15) is 23.0 Å². The second-order valence-corrected chi connectivity index (χ2v) is 13.1. The zero-order valence-electron chi connectivity index (χ0n) is 26.5. The van der Waals surface area contributed by atoms with Gasteiger partial charge in [-0.05, 0) is 89.4 Å². The molecule has 0 saturated heterocycles. The predicted octanol–water partition coefficient (Wildman–Crippen LogP) is 10.4. The van der Waals surface area contributed by atoms with Crippen LogP contribution in [0.3, 0.4) is 0 Å². The predicted molar refractivity (Wildman–Crippen MR) is 205 cm³/mol. The van der Waals surface area contributed by atoms with Gasteiger partial charge in [-0.25, -0.2) is 0 Å². The molecule has 2 nitrogen and oxygen atoms in total. The Morgan fingerprint density at radius 1 is 0.347 bits per heavy atom. The molecule has 0 spiro atoms. The average Bonchev–Trinajstić information content (AvgIpc) is 3.16. The molecule has 0 aromatic heterocycles. The van der Waals surface area contributed by atoms with Crippen LogP contribution in [-0.4, -0.2) is 6.71 Å². The second kappa shape index (κ2) is 10.1. The first kappa shape index (κ1) is 26.7. The minimum absolute atomic E-state index is 0.0145. The molecule has 0 amide bonds. The molecule has 226 valence electrons. The van der Waals surface area contributed by atoms with Crippen LogP contribution in [0.1, 0.15) is 0 Å². The zero-order chi connectivity index (χ0) is 32.1. The lowest BCUT2D eigenvalue weighted by Crippen LogP contribution is -2.57. The Labute approximate surface area is 283 Å². The Morgan fingerprint density at radius 2 is 0.857 bits per heavy atom. The van der Waals surface area contributed by atoms with Crippen LogP contribution in [0.5, 0.6) is 23.0 Å². The normalized spacial score (nSPS) is 12.8. The van der Waals surface area contributed by atoms with E-state index in [-0.39, 0.29) is 6.71 Å². The van der Waals surface area contributed by atoms with Crippen LogP contribution in [0.15, 0.2) is 164 Å². The molecule has 2 heterocycles. The quantitative estimate of drug-likeness (QED) is 0.109. The van der Waals surface area contributed by atoms with E-state index in [0.29, 0.717) is 0 Å². The highest BCUT2D eigenvalue weighted by Crippen LogP contribution is 2.49. The number of fused-ring (bicyclic) bond motifs is 9. The first-order chi connectivity index (χ1) is 24.3. The van der Waals surface area contributed by atoms with E-state index in [1.165, 1.54) is 59.8 Å². The van der Waals surface area contributed by atoms with Crippen LogP contribution >= 0.6 is 0 Å². The summed E-state index contributed by atoms with van der Waals surface area (Å²) in [6.07, 6.45) is 0. The molecule has 0 radical (unpaired) electrons. The number of hydrogen-bond acceptors (Lipinski definition) is 2. The van der Waals surface area contributed by atoms with Crippen molar-refractivity contribution in [2.75, 3.05) is 0 Å². The summed E-state index contributed by atoms with van der Waals surface area (Å²) in [7, 11) is 0. The number of hydrogen-bond donors (Lipinski definition) is 0. The van der Waals surface area contributed by atoms with Crippen molar-refractivity contribution < 1.29 is 9.47 Å². The molecule has 49 heavy (non-hydrogen) atoms. The van der Waals surface area contributed by atoms with Crippen LogP contribution in [0.4, 0.5) is 0 Å². The summed E-state index contributed by atoms with van der Waals surface area (Å²) in [5, 5.41) is 9.92. The molecule has 3 heteroatoms. The van der Waals surface area contributed by atoms with Crippen molar-refractivity contribution in [3.8, 4) is 45.3 Å². The summed E-state index contributed by atoms with van der Waals surface area (Å²) in [6.45, 7) is 0.0145. The fourth-order valence-electron chi connectivity index (χ4n) is 8.57. The van der Waals surface area contributed by atoms with E-state index in [1.807, 2.05) is 12.1 Å². The highest BCUT2D eigenvalue weighted by Gasteiger charge is 2.40. The van der Waals surface area contributed by atoms with Gasteiger partial charge in [0, 0.05) is 16.6 Å². The largest absolute Gasteiger partial charge is 0.458 e. The van der Waals surface area contributed by atoms with Crippen LogP contribution < -0.4 is 25.9 Å². The third-order valence-corrected chi connectivity index (χ3v) is 10.6. The number of benzene rings is 9. The maximum absolute atomic E-state index is 6.96. The molecule has 2 aliphatic rings. The summed E-state index contributed by atoms with van der Waals surface area (Å²) in [5.74, 6) is 3.52. The summed E-state index contributed by atoms with van der Waals surface area (Å²) in [5.41, 5.74) is 8.22. The zero-order valence-corrected chi connectivity index (χ0v) is 26.5. The topological polar surface area (TPSA) is 18.5 Å². The Bertz CT molecular complexity index is 2800. The van der Waals surface area contributed by atoms with E-state index in [4.69, 9.17) is 9.47 Å². The lowest BCUT2D eigenvalue weighted by molar-refractivity contribution is 0.465. The molecule has 0 saturated carbocycles. The molecular formula is C46H27BO2. The summed E-state index contributed by atoms with van der Waals surface area (Å²) < 4.78 is 13.4. The van der Waals surface area contributed by atoms with Gasteiger partial charge >= 0.3 is 0 Å². The van der Waals surface area contributed by atoms with Gasteiger partial charge in [0.15, 0.2) is 0 Å². The smallest absolute Gasteiger partial charge is 0.260 e. The van der Waals surface area contributed by atoms with Gasteiger partial charge in [0.05, 0.1) is 0 Å². The monoisotopic (exact) mass is 622 g/mol. The lowest BCUT2D eigenvalue weighted by atomic mass is 9.34. The Morgan fingerprint density at radius 3 is 1.59 bits per heavy atom. The van der Waals surface area contributed by atoms with E-state index in [0.717, 1.165) is 44.9 Å². The average molecular weight is 623 g/mol. The minimum Gasteiger partial charge on any atom is -0.458 e. The number of rotatable bonds is 2. The lowest BCUT2D eigenvalue weighted by Gasteiger charge is -2.33. The molecule has 0 bridgehead atoms. The molecule has 2 aliphatic heterocycles. The molecule has 9 aromatic rings.